The van der Waals surface area contributed by atoms with Crippen LogP contribution in [0, 0.1) is 0 Å². The quantitative estimate of drug-likeness (QED) is 0.646. The molecular formula is C23H25N3O3. The van der Waals surface area contributed by atoms with Crippen LogP contribution in [-0.4, -0.2) is 42.4 Å². The second-order valence-corrected chi connectivity index (χ2v) is 7.73. The first-order valence-electron chi connectivity index (χ1n) is 9.64. The highest BCUT2D eigenvalue weighted by Gasteiger charge is 2.41. The fourth-order valence-electron chi connectivity index (χ4n) is 3.78. The molecule has 0 saturated carbocycles. The Balaban J connectivity index is 1.92. The van der Waals surface area contributed by atoms with Crippen molar-refractivity contribution in [2.45, 2.75) is 32.5 Å². The molecule has 1 N–H and O–H groups in total. The molecule has 1 atom stereocenters. The third kappa shape index (κ3) is 3.09. The number of ether oxygens (including phenoxy) is 1. The Kier molecular flexibility index (Phi) is 4.67. The molecule has 150 valence electrons. The Bertz CT molecular complexity index is 1120. The van der Waals surface area contributed by atoms with Gasteiger partial charge >= 0.3 is 5.97 Å². The first kappa shape index (κ1) is 19.2. The fourth-order valence-corrected chi connectivity index (χ4v) is 3.78. The van der Waals surface area contributed by atoms with Crippen LogP contribution in [0.15, 0.2) is 58.1 Å². The van der Waals surface area contributed by atoms with Gasteiger partial charge in [0.2, 0.25) is 0 Å². The van der Waals surface area contributed by atoms with Gasteiger partial charge in [0.25, 0.3) is 0 Å². The van der Waals surface area contributed by atoms with Gasteiger partial charge in [-0.15, -0.1) is 0 Å². The standard InChI is InChI=1S/C23H25N3O3/c1-14(2)26(4)23(3)21(17-13-29-20-9-7-6-8-16(17)20)24-18-11-10-15(22(27)28-5)12-19(18)25-23/h6-14,25H,1-5H3. The number of fused-ring (bicyclic) bond motifs is 2. The van der Waals surface area contributed by atoms with Gasteiger partial charge in [0.05, 0.1) is 29.8 Å². The Morgan fingerprint density at radius 3 is 2.72 bits per heavy atom. The average molecular weight is 391 g/mol. The summed E-state index contributed by atoms with van der Waals surface area (Å²) in [7, 11) is 3.44. The van der Waals surface area contributed by atoms with Gasteiger partial charge in [-0.1, -0.05) is 18.2 Å². The lowest BCUT2D eigenvalue weighted by Gasteiger charge is -2.45. The van der Waals surface area contributed by atoms with Crippen LogP contribution in [0.4, 0.5) is 11.4 Å². The second kappa shape index (κ2) is 7.04. The van der Waals surface area contributed by atoms with Gasteiger partial charge in [-0.25, -0.2) is 9.79 Å². The molecule has 4 rings (SSSR count). The molecule has 0 amide bonds. The second-order valence-electron chi connectivity index (χ2n) is 7.73. The maximum atomic E-state index is 12.0. The Labute approximate surface area is 170 Å². The number of carbonyl (C=O) groups excluding carboxylic acids is 1. The summed E-state index contributed by atoms with van der Waals surface area (Å²) in [5, 5.41) is 4.64. The van der Waals surface area contributed by atoms with Crippen molar-refractivity contribution >= 4 is 34.0 Å². The van der Waals surface area contributed by atoms with Crippen molar-refractivity contribution in [3.8, 4) is 0 Å². The van der Waals surface area contributed by atoms with Crippen LogP contribution in [-0.2, 0) is 4.74 Å². The van der Waals surface area contributed by atoms with Gasteiger partial charge in [0, 0.05) is 17.0 Å². The molecule has 1 aliphatic rings. The fraction of sp³-hybridized carbons (Fsp3) is 0.304. The van der Waals surface area contributed by atoms with E-state index in [9.17, 15) is 4.79 Å². The molecule has 0 fully saturated rings. The maximum absolute atomic E-state index is 12.0. The summed E-state index contributed by atoms with van der Waals surface area (Å²) in [5.41, 5.74) is 4.09. The molecule has 29 heavy (non-hydrogen) atoms. The number of furan rings is 1. The van der Waals surface area contributed by atoms with E-state index in [0.717, 1.165) is 33.6 Å². The summed E-state index contributed by atoms with van der Waals surface area (Å²) < 4.78 is 10.7. The van der Waals surface area contributed by atoms with Gasteiger partial charge in [-0.2, -0.15) is 0 Å². The van der Waals surface area contributed by atoms with Crippen LogP contribution < -0.4 is 5.32 Å². The minimum atomic E-state index is -0.609. The smallest absolute Gasteiger partial charge is 0.337 e. The number of rotatable bonds is 4. The van der Waals surface area contributed by atoms with Gasteiger partial charge in [0.15, 0.2) is 0 Å². The first-order valence-corrected chi connectivity index (χ1v) is 9.64. The first-order chi connectivity index (χ1) is 13.8. The molecule has 1 aromatic heterocycles. The number of likely N-dealkylation sites (N-methyl/N-ethyl adjacent to an activating group) is 1. The van der Waals surface area contributed by atoms with Crippen LogP contribution >= 0.6 is 0 Å². The Hall–Kier alpha value is -3.12. The molecule has 0 saturated heterocycles. The highest BCUT2D eigenvalue weighted by Crippen LogP contribution is 2.39. The van der Waals surface area contributed by atoms with E-state index in [1.54, 1.807) is 18.4 Å². The zero-order chi connectivity index (χ0) is 20.8. The summed E-state index contributed by atoms with van der Waals surface area (Å²) in [6, 6.07) is 13.6. The number of hydrogen-bond acceptors (Lipinski definition) is 6. The van der Waals surface area contributed by atoms with Crippen molar-refractivity contribution in [1.29, 1.82) is 0 Å². The third-order valence-electron chi connectivity index (χ3n) is 5.71. The SMILES string of the molecule is COC(=O)c1ccc2c(c1)NC(C)(N(C)C(C)C)C(c1coc3ccccc13)=N2. The predicted octanol–water partition coefficient (Wildman–Crippen LogP) is 4.82. The molecule has 6 heteroatoms. The Morgan fingerprint density at radius 1 is 1.24 bits per heavy atom. The summed E-state index contributed by atoms with van der Waals surface area (Å²) in [5.74, 6) is -0.371. The number of para-hydroxylation sites is 1. The number of methoxy groups -OCH3 is 1. The highest BCUT2D eigenvalue weighted by atomic mass is 16.5. The molecule has 0 aliphatic carbocycles. The number of nitrogens with zero attached hydrogens (tertiary/aromatic N) is 2. The number of carbonyl (C=O) groups is 1. The zero-order valence-corrected chi connectivity index (χ0v) is 17.3. The normalized spacial score (nSPS) is 18.5. The lowest BCUT2D eigenvalue weighted by atomic mass is 9.92. The van der Waals surface area contributed by atoms with Crippen molar-refractivity contribution < 1.29 is 13.9 Å². The maximum Gasteiger partial charge on any atom is 0.337 e. The van der Waals surface area contributed by atoms with Crippen LogP contribution in [0.25, 0.3) is 11.0 Å². The van der Waals surface area contributed by atoms with E-state index in [0.29, 0.717) is 5.56 Å². The monoisotopic (exact) mass is 391 g/mol. The van der Waals surface area contributed by atoms with Gasteiger partial charge in [-0.3, -0.25) is 4.90 Å². The topological polar surface area (TPSA) is 67.1 Å². The zero-order valence-electron chi connectivity index (χ0n) is 17.3. The van der Waals surface area contributed by atoms with E-state index in [2.05, 4.69) is 38.0 Å². The van der Waals surface area contributed by atoms with Crippen molar-refractivity contribution in [3.05, 3.63) is 59.9 Å². The largest absolute Gasteiger partial charge is 0.465 e. The van der Waals surface area contributed by atoms with E-state index in [1.165, 1.54) is 7.11 Å². The van der Waals surface area contributed by atoms with Gasteiger partial charge < -0.3 is 14.5 Å². The highest BCUT2D eigenvalue weighted by molar-refractivity contribution is 6.18. The van der Waals surface area contributed by atoms with Crippen LogP contribution in [0.5, 0.6) is 0 Å². The van der Waals surface area contributed by atoms with Crippen molar-refractivity contribution in [1.82, 2.24) is 4.90 Å². The lowest BCUT2D eigenvalue weighted by molar-refractivity contribution is 0.0600. The number of hydrogen-bond donors (Lipinski definition) is 1. The number of anilines is 1. The summed E-state index contributed by atoms with van der Waals surface area (Å²) in [6.07, 6.45) is 1.77. The van der Waals surface area contributed by atoms with Crippen molar-refractivity contribution in [2.75, 3.05) is 19.5 Å². The van der Waals surface area contributed by atoms with Crippen LogP contribution in [0.1, 0.15) is 36.7 Å². The number of aliphatic imine (C=N–C) groups is 1. The van der Waals surface area contributed by atoms with E-state index >= 15 is 0 Å². The van der Waals surface area contributed by atoms with E-state index in [4.69, 9.17) is 14.1 Å². The summed E-state index contributed by atoms with van der Waals surface area (Å²) >= 11 is 0. The number of benzene rings is 2. The molecule has 2 aromatic carbocycles. The van der Waals surface area contributed by atoms with E-state index in [1.807, 2.05) is 30.3 Å². The Morgan fingerprint density at radius 2 is 2.00 bits per heavy atom. The van der Waals surface area contributed by atoms with E-state index in [-0.39, 0.29) is 12.0 Å². The molecule has 1 aliphatic heterocycles. The van der Waals surface area contributed by atoms with Gasteiger partial charge in [-0.05, 0) is 52.1 Å². The number of esters is 1. The van der Waals surface area contributed by atoms with Crippen LogP contribution in [0.3, 0.4) is 0 Å². The average Bonchev–Trinajstić information content (AvgIpc) is 3.15. The molecule has 0 bridgehead atoms. The minimum absolute atomic E-state index is 0.251. The summed E-state index contributed by atoms with van der Waals surface area (Å²) in [4.78, 5) is 19.2. The molecule has 0 radical (unpaired) electrons. The van der Waals surface area contributed by atoms with Crippen molar-refractivity contribution in [3.63, 3.8) is 0 Å². The minimum Gasteiger partial charge on any atom is -0.465 e. The summed E-state index contributed by atoms with van der Waals surface area (Å²) in [6.45, 7) is 6.37. The van der Waals surface area contributed by atoms with Gasteiger partial charge in [0.1, 0.15) is 17.5 Å². The molecule has 2 heterocycles. The molecule has 6 nitrogen and oxygen atoms in total. The van der Waals surface area contributed by atoms with Crippen molar-refractivity contribution in [2.24, 2.45) is 4.99 Å². The molecule has 1 unspecified atom stereocenters. The van der Waals surface area contributed by atoms with E-state index < -0.39 is 5.66 Å². The number of nitrogens with one attached hydrogen (secondary N) is 1. The third-order valence-corrected chi connectivity index (χ3v) is 5.71. The lowest BCUT2D eigenvalue weighted by Crippen LogP contribution is -2.59. The predicted molar refractivity (Wildman–Crippen MR) is 115 cm³/mol. The van der Waals surface area contributed by atoms with Crippen LogP contribution in [0.2, 0.25) is 0 Å². The molecule has 0 spiro atoms. The molecule has 3 aromatic rings. The molecular weight excluding hydrogens is 366 g/mol.